The van der Waals surface area contributed by atoms with Gasteiger partial charge in [0.15, 0.2) is 5.78 Å². The van der Waals surface area contributed by atoms with Crippen LogP contribution in [-0.4, -0.2) is 17.9 Å². The van der Waals surface area contributed by atoms with Gasteiger partial charge in [0.2, 0.25) is 0 Å². The molecule has 1 unspecified atom stereocenters. The Bertz CT molecular complexity index is 317. The second-order valence-corrected chi connectivity index (χ2v) is 4.90. The normalized spacial score (nSPS) is 24.8. The van der Waals surface area contributed by atoms with Gasteiger partial charge in [0.05, 0.1) is 6.10 Å². The predicted molar refractivity (Wildman–Crippen MR) is 66.6 cm³/mol. The van der Waals surface area contributed by atoms with E-state index in [4.69, 9.17) is 4.74 Å². The molecule has 0 aromatic heterocycles. The topological polar surface area (TPSA) is 43.4 Å². The van der Waals surface area contributed by atoms with Crippen LogP contribution in [0.1, 0.15) is 52.9 Å². The summed E-state index contributed by atoms with van der Waals surface area (Å²) in [5, 5.41) is 0. The van der Waals surface area contributed by atoms with Crippen LogP contribution in [0.2, 0.25) is 0 Å². The molecule has 1 aliphatic carbocycles. The molecule has 0 N–H and O–H groups in total. The number of hydrogen-bond donors (Lipinski definition) is 0. The molecule has 0 radical (unpaired) electrons. The van der Waals surface area contributed by atoms with Gasteiger partial charge < -0.3 is 4.74 Å². The highest BCUT2D eigenvalue weighted by Gasteiger charge is 2.49. The maximum absolute atomic E-state index is 12.1. The van der Waals surface area contributed by atoms with Gasteiger partial charge in [-0.15, -0.1) is 0 Å². The third-order valence-corrected chi connectivity index (χ3v) is 3.14. The van der Waals surface area contributed by atoms with Gasteiger partial charge in [0.25, 0.3) is 0 Å². The summed E-state index contributed by atoms with van der Waals surface area (Å²) in [5.41, 5.74) is -0.893. The lowest BCUT2D eigenvalue weighted by Gasteiger charge is -2.25. The van der Waals surface area contributed by atoms with Gasteiger partial charge in [0, 0.05) is 6.42 Å². The van der Waals surface area contributed by atoms with Crippen molar-refractivity contribution in [3.05, 3.63) is 12.2 Å². The van der Waals surface area contributed by atoms with E-state index in [2.05, 4.69) is 0 Å². The Morgan fingerprint density at radius 1 is 1.47 bits per heavy atom. The Kier molecular flexibility index (Phi) is 4.91. The quantitative estimate of drug-likeness (QED) is 0.420. The van der Waals surface area contributed by atoms with Crippen LogP contribution in [-0.2, 0) is 14.3 Å². The van der Waals surface area contributed by atoms with E-state index in [-0.39, 0.29) is 17.9 Å². The monoisotopic (exact) mass is 238 g/mol. The first kappa shape index (κ1) is 13.9. The van der Waals surface area contributed by atoms with E-state index in [1.807, 2.05) is 32.9 Å². The van der Waals surface area contributed by atoms with Crippen molar-refractivity contribution in [3.8, 4) is 0 Å². The van der Waals surface area contributed by atoms with Crippen molar-refractivity contribution in [1.29, 1.82) is 0 Å². The van der Waals surface area contributed by atoms with Crippen LogP contribution in [0.25, 0.3) is 0 Å². The molecule has 1 fully saturated rings. The van der Waals surface area contributed by atoms with Crippen LogP contribution >= 0.6 is 0 Å². The molecule has 0 aromatic rings. The molecule has 0 bridgehead atoms. The number of carbonyl (C=O) groups is 2. The summed E-state index contributed by atoms with van der Waals surface area (Å²) in [5.74, 6) is -0.292. The summed E-state index contributed by atoms with van der Waals surface area (Å²) in [7, 11) is 0. The SMILES string of the molecule is CCC=CCC1(C(=O)OC(C)C)CCCC1=O. The van der Waals surface area contributed by atoms with Crippen LogP contribution in [0.5, 0.6) is 0 Å². The van der Waals surface area contributed by atoms with E-state index >= 15 is 0 Å². The van der Waals surface area contributed by atoms with E-state index < -0.39 is 5.41 Å². The van der Waals surface area contributed by atoms with Gasteiger partial charge in [0.1, 0.15) is 5.41 Å². The van der Waals surface area contributed by atoms with Crippen molar-refractivity contribution in [2.45, 2.75) is 59.0 Å². The van der Waals surface area contributed by atoms with Crippen LogP contribution in [0, 0.1) is 5.41 Å². The van der Waals surface area contributed by atoms with Gasteiger partial charge in [-0.05, 0) is 39.5 Å². The van der Waals surface area contributed by atoms with Crippen molar-refractivity contribution in [3.63, 3.8) is 0 Å². The van der Waals surface area contributed by atoms with Gasteiger partial charge in [-0.25, -0.2) is 0 Å². The Morgan fingerprint density at radius 3 is 2.65 bits per heavy atom. The number of Topliss-reactive ketones (excluding diaryl/α,β-unsaturated/α-hetero) is 1. The molecular formula is C14H22O3. The van der Waals surface area contributed by atoms with Gasteiger partial charge in [-0.3, -0.25) is 9.59 Å². The summed E-state index contributed by atoms with van der Waals surface area (Å²) in [6, 6.07) is 0. The number of rotatable bonds is 5. The Labute approximate surface area is 103 Å². The molecule has 1 rings (SSSR count). The summed E-state index contributed by atoms with van der Waals surface area (Å²) in [6.07, 6.45) is 7.11. The Morgan fingerprint density at radius 2 is 2.18 bits per heavy atom. The first-order valence-corrected chi connectivity index (χ1v) is 6.42. The van der Waals surface area contributed by atoms with Crippen LogP contribution in [0.4, 0.5) is 0 Å². The molecule has 3 heteroatoms. The molecular weight excluding hydrogens is 216 g/mol. The number of allylic oxidation sites excluding steroid dienone is 2. The molecule has 1 saturated carbocycles. The fraction of sp³-hybridized carbons (Fsp3) is 0.714. The lowest BCUT2D eigenvalue weighted by molar-refractivity contribution is -0.162. The minimum Gasteiger partial charge on any atom is -0.462 e. The van der Waals surface area contributed by atoms with E-state index in [0.717, 1.165) is 12.8 Å². The van der Waals surface area contributed by atoms with Gasteiger partial charge in [-0.2, -0.15) is 0 Å². The molecule has 96 valence electrons. The maximum Gasteiger partial charge on any atom is 0.320 e. The lowest BCUT2D eigenvalue weighted by Crippen LogP contribution is -2.37. The van der Waals surface area contributed by atoms with Crippen molar-refractivity contribution in [2.24, 2.45) is 5.41 Å². The molecule has 17 heavy (non-hydrogen) atoms. The number of carbonyl (C=O) groups excluding carboxylic acids is 2. The van der Waals surface area contributed by atoms with E-state index in [9.17, 15) is 9.59 Å². The third-order valence-electron chi connectivity index (χ3n) is 3.14. The standard InChI is InChI=1S/C14H22O3/c1-4-5-6-9-14(10-7-8-12(14)15)13(16)17-11(2)3/h5-6,11H,4,7-10H2,1-3H3. The van der Waals surface area contributed by atoms with Gasteiger partial charge in [-0.1, -0.05) is 19.1 Å². The average molecular weight is 238 g/mol. The highest BCUT2D eigenvalue weighted by Crippen LogP contribution is 2.40. The van der Waals surface area contributed by atoms with E-state index in [1.165, 1.54) is 0 Å². The Balaban J connectivity index is 2.82. The van der Waals surface area contributed by atoms with Crippen molar-refractivity contribution >= 4 is 11.8 Å². The highest BCUT2D eigenvalue weighted by molar-refractivity contribution is 6.05. The second-order valence-electron chi connectivity index (χ2n) is 4.90. The zero-order valence-electron chi connectivity index (χ0n) is 11.0. The first-order chi connectivity index (χ1) is 8.03. The number of esters is 1. The largest absolute Gasteiger partial charge is 0.462 e. The Hall–Kier alpha value is -1.12. The summed E-state index contributed by atoms with van der Waals surface area (Å²) in [6.45, 7) is 5.66. The molecule has 0 aliphatic heterocycles. The van der Waals surface area contributed by atoms with Crippen molar-refractivity contribution in [2.75, 3.05) is 0 Å². The molecule has 1 aliphatic rings. The number of ether oxygens (including phenoxy) is 1. The maximum atomic E-state index is 12.1. The minimum absolute atomic E-state index is 0.0453. The molecule has 0 amide bonds. The van der Waals surface area contributed by atoms with Gasteiger partial charge >= 0.3 is 5.97 Å². The van der Waals surface area contributed by atoms with E-state index in [0.29, 0.717) is 19.3 Å². The molecule has 0 aromatic carbocycles. The molecule has 0 heterocycles. The highest BCUT2D eigenvalue weighted by atomic mass is 16.5. The zero-order chi connectivity index (χ0) is 12.9. The number of hydrogen-bond acceptors (Lipinski definition) is 3. The predicted octanol–water partition coefficient (Wildman–Crippen LogP) is 3.03. The number of ketones is 1. The van der Waals surface area contributed by atoms with Crippen LogP contribution < -0.4 is 0 Å². The second kappa shape index (κ2) is 5.99. The zero-order valence-corrected chi connectivity index (χ0v) is 11.0. The third kappa shape index (κ3) is 3.18. The summed E-state index contributed by atoms with van der Waals surface area (Å²) < 4.78 is 5.24. The molecule has 0 saturated heterocycles. The average Bonchev–Trinajstić information content (AvgIpc) is 2.61. The smallest absolute Gasteiger partial charge is 0.320 e. The fourth-order valence-corrected chi connectivity index (χ4v) is 2.22. The fourth-order valence-electron chi connectivity index (χ4n) is 2.22. The lowest BCUT2D eigenvalue weighted by atomic mass is 9.81. The minimum atomic E-state index is -0.893. The summed E-state index contributed by atoms with van der Waals surface area (Å²) in [4.78, 5) is 24.1. The molecule has 0 spiro atoms. The van der Waals surface area contributed by atoms with E-state index in [1.54, 1.807) is 0 Å². The summed E-state index contributed by atoms with van der Waals surface area (Å²) >= 11 is 0. The van der Waals surface area contributed by atoms with Crippen molar-refractivity contribution in [1.82, 2.24) is 0 Å². The van der Waals surface area contributed by atoms with Crippen molar-refractivity contribution < 1.29 is 14.3 Å². The molecule has 1 atom stereocenters. The molecule has 3 nitrogen and oxygen atoms in total. The van der Waals surface area contributed by atoms with Crippen LogP contribution in [0.15, 0.2) is 12.2 Å². The first-order valence-electron chi connectivity index (χ1n) is 6.42. The van der Waals surface area contributed by atoms with Crippen LogP contribution in [0.3, 0.4) is 0 Å².